The van der Waals surface area contributed by atoms with E-state index in [2.05, 4.69) is 5.32 Å². The first-order chi connectivity index (χ1) is 11.2. The van der Waals surface area contributed by atoms with Crippen molar-refractivity contribution in [3.63, 3.8) is 0 Å². The molecule has 0 saturated heterocycles. The first kappa shape index (κ1) is 18.1. The van der Waals surface area contributed by atoms with E-state index in [4.69, 9.17) is 15.2 Å². The van der Waals surface area contributed by atoms with E-state index in [0.717, 1.165) is 25.7 Å². The number of benzene rings is 1. The Labute approximate surface area is 142 Å². The Morgan fingerprint density at radius 1 is 1.08 bits per heavy atom. The first-order valence-corrected chi connectivity index (χ1v) is 8.30. The smallest absolute Gasteiger partial charge is 0.409 e. The van der Waals surface area contributed by atoms with E-state index in [0.29, 0.717) is 11.7 Å². The maximum atomic E-state index is 11.8. The van der Waals surface area contributed by atoms with Crippen LogP contribution in [0.2, 0.25) is 0 Å². The summed E-state index contributed by atoms with van der Waals surface area (Å²) < 4.78 is 10.1. The Morgan fingerprint density at radius 2 is 1.67 bits per heavy atom. The van der Waals surface area contributed by atoms with Crippen LogP contribution in [0.5, 0.6) is 5.75 Å². The number of ether oxygens (including phenoxy) is 2. The molecule has 3 N–H and O–H groups in total. The van der Waals surface area contributed by atoms with Crippen molar-refractivity contribution in [3.8, 4) is 5.75 Å². The molecule has 6 nitrogen and oxygen atoms in total. The third-order valence-corrected chi connectivity index (χ3v) is 4.02. The fourth-order valence-electron chi connectivity index (χ4n) is 2.97. The highest BCUT2D eigenvalue weighted by Gasteiger charge is 2.25. The van der Waals surface area contributed by atoms with Gasteiger partial charge in [-0.2, -0.15) is 0 Å². The van der Waals surface area contributed by atoms with E-state index < -0.39 is 11.7 Å². The summed E-state index contributed by atoms with van der Waals surface area (Å²) in [6, 6.07) is 7.60. The van der Waals surface area contributed by atoms with Gasteiger partial charge in [0.1, 0.15) is 11.4 Å². The zero-order valence-corrected chi connectivity index (χ0v) is 14.5. The molecule has 0 unspecified atom stereocenters. The van der Waals surface area contributed by atoms with E-state index in [-0.39, 0.29) is 12.1 Å². The predicted octanol–water partition coefficient (Wildman–Crippen LogP) is 3.70. The van der Waals surface area contributed by atoms with Crippen molar-refractivity contribution in [3.05, 3.63) is 29.8 Å². The molecule has 0 heterocycles. The number of rotatable bonds is 3. The highest BCUT2D eigenvalue weighted by atomic mass is 16.6. The number of primary amides is 1. The Kier molecular flexibility index (Phi) is 5.70. The Bertz CT molecular complexity index is 570. The van der Waals surface area contributed by atoms with Crippen molar-refractivity contribution in [2.75, 3.05) is 0 Å². The monoisotopic (exact) mass is 334 g/mol. The minimum atomic E-state index is -0.809. The highest BCUT2D eigenvalue weighted by Crippen LogP contribution is 2.33. The van der Waals surface area contributed by atoms with Crippen LogP contribution in [0, 0.1) is 0 Å². The molecule has 0 aromatic heterocycles. The van der Waals surface area contributed by atoms with E-state index in [1.165, 1.54) is 5.56 Å². The van der Waals surface area contributed by atoms with Gasteiger partial charge in [-0.15, -0.1) is 0 Å². The number of carbonyl (C=O) groups is 2. The van der Waals surface area contributed by atoms with Crippen LogP contribution >= 0.6 is 0 Å². The molecule has 0 spiro atoms. The molecule has 2 amide bonds. The van der Waals surface area contributed by atoms with Crippen LogP contribution in [0.1, 0.15) is 57.9 Å². The molecule has 132 valence electrons. The molecular weight excluding hydrogens is 308 g/mol. The third kappa shape index (κ3) is 5.76. The van der Waals surface area contributed by atoms with Gasteiger partial charge in [-0.3, -0.25) is 0 Å². The fraction of sp³-hybridized carbons (Fsp3) is 0.556. The number of carbonyl (C=O) groups excluding carboxylic acids is 2. The first-order valence-electron chi connectivity index (χ1n) is 8.30. The second kappa shape index (κ2) is 7.55. The summed E-state index contributed by atoms with van der Waals surface area (Å²) in [6.45, 7) is 5.57. The second-order valence-corrected chi connectivity index (χ2v) is 7.18. The molecule has 1 saturated carbocycles. The molecule has 1 aliphatic carbocycles. The fourth-order valence-corrected chi connectivity index (χ4v) is 2.97. The summed E-state index contributed by atoms with van der Waals surface area (Å²) >= 11 is 0. The Balaban J connectivity index is 1.82. The topological polar surface area (TPSA) is 90.7 Å². The normalized spacial score (nSPS) is 21.0. The minimum absolute atomic E-state index is 0.161. The van der Waals surface area contributed by atoms with Gasteiger partial charge in [0, 0.05) is 6.04 Å². The zero-order valence-electron chi connectivity index (χ0n) is 14.5. The number of hydrogen-bond donors (Lipinski definition) is 2. The van der Waals surface area contributed by atoms with E-state index in [1.54, 1.807) is 12.1 Å². The minimum Gasteiger partial charge on any atom is -0.444 e. The predicted molar refractivity (Wildman–Crippen MR) is 91.0 cm³/mol. The summed E-state index contributed by atoms with van der Waals surface area (Å²) in [4.78, 5) is 22.5. The van der Waals surface area contributed by atoms with Gasteiger partial charge < -0.3 is 20.5 Å². The lowest BCUT2D eigenvalue weighted by molar-refractivity contribution is 0.0491. The van der Waals surface area contributed by atoms with Gasteiger partial charge >= 0.3 is 12.2 Å². The van der Waals surface area contributed by atoms with Gasteiger partial charge in [0.2, 0.25) is 0 Å². The highest BCUT2D eigenvalue weighted by molar-refractivity contribution is 5.68. The van der Waals surface area contributed by atoms with Crippen LogP contribution in [0.15, 0.2) is 24.3 Å². The lowest BCUT2D eigenvalue weighted by Crippen LogP contribution is -2.40. The van der Waals surface area contributed by atoms with Gasteiger partial charge in [-0.05, 0) is 70.1 Å². The van der Waals surface area contributed by atoms with Crippen LogP contribution in [-0.2, 0) is 4.74 Å². The number of hydrogen-bond acceptors (Lipinski definition) is 4. The average Bonchev–Trinajstić information content (AvgIpc) is 2.46. The summed E-state index contributed by atoms with van der Waals surface area (Å²) in [7, 11) is 0. The van der Waals surface area contributed by atoms with Crippen LogP contribution in [-0.4, -0.2) is 23.8 Å². The number of nitrogens with one attached hydrogen (secondary N) is 1. The standard InChI is InChI=1S/C18H26N2O4/c1-18(2,3)24-17(22)20-14-8-4-12(5-9-14)13-6-10-15(11-7-13)23-16(19)21/h6-7,10-12,14H,4-5,8-9H2,1-3H3,(H2,19,21)(H,20,22). The van der Waals surface area contributed by atoms with Crippen molar-refractivity contribution in [1.82, 2.24) is 5.32 Å². The number of amides is 2. The van der Waals surface area contributed by atoms with E-state index in [9.17, 15) is 9.59 Å². The quantitative estimate of drug-likeness (QED) is 0.882. The van der Waals surface area contributed by atoms with E-state index >= 15 is 0 Å². The van der Waals surface area contributed by atoms with Crippen LogP contribution in [0.4, 0.5) is 9.59 Å². The maximum Gasteiger partial charge on any atom is 0.409 e. The van der Waals surface area contributed by atoms with Crippen LogP contribution in [0.25, 0.3) is 0 Å². The molecule has 0 atom stereocenters. The third-order valence-electron chi connectivity index (χ3n) is 4.02. The van der Waals surface area contributed by atoms with Gasteiger partial charge in [0.05, 0.1) is 0 Å². The molecule has 1 aromatic rings. The van der Waals surface area contributed by atoms with Crippen molar-refractivity contribution in [1.29, 1.82) is 0 Å². The van der Waals surface area contributed by atoms with Crippen molar-refractivity contribution in [2.24, 2.45) is 5.73 Å². The average molecular weight is 334 g/mol. The maximum absolute atomic E-state index is 11.8. The lowest BCUT2D eigenvalue weighted by atomic mass is 9.82. The molecule has 6 heteroatoms. The molecule has 24 heavy (non-hydrogen) atoms. The van der Waals surface area contributed by atoms with Gasteiger partial charge in [0.15, 0.2) is 0 Å². The molecule has 0 aliphatic heterocycles. The summed E-state index contributed by atoms with van der Waals surface area (Å²) in [5.41, 5.74) is 5.73. The summed E-state index contributed by atoms with van der Waals surface area (Å²) in [5, 5.41) is 2.95. The largest absolute Gasteiger partial charge is 0.444 e. The van der Waals surface area contributed by atoms with Crippen LogP contribution in [0.3, 0.4) is 0 Å². The second-order valence-electron chi connectivity index (χ2n) is 7.18. The molecular formula is C18H26N2O4. The molecule has 1 fully saturated rings. The van der Waals surface area contributed by atoms with Crippen LogP contribution < -0.4 is 15.8 Å². The Morgan fingerprint density at radius 3 is 2.17 bits per heavy atom. The van der Waals surface area contributed by atoms with Crippen molar-refractivity contribution < 1.29 is 19.1 Å². The van der Waals surface area contributed by atoms with Crippen molar-refractivity contribution >= 4 is 12.2 Å². The molecule has 0 radical (unpaired) electrons. The molecule has 1 aromatic carbocycles. The number of nitrogens with two attached hydrogens (primary N) is 1. The van der Waals surface area contributed by atoms with Gasteiger partial charge in [-0.1, -0.05) is 12.1 Å². The summed E-state index contributed by atoms with van der Waals surface area (Å²) in [6.07, 6.45) is 2.68. The zero-order chi connectivity index (χ0) is 17.7. The van der Waals surface area contributed by atoms with Gasteiger partial charge in [-0.25, -0.2) is 9.59 Å². The lowest BCUT2D eigenvalue weighted by Gasteiger charge is -2.30. The molecule has 1 aliphatic rings. The summed E-state index contributed by atoms with van der Waals surface area (Å²) in [5.74, 6) is 0.899. The van der Waals surface area contributed by atoms with E-state index in [1.807, 2.05) is 32.9 Å². The molecule has 2 rings (SSSR count). The molecule has 0 bridgehead atoms. The van der Waals surface area contributed by atoms with Crippen molar-refractivity contribution in [2.45, 2.75) is 64.0 Å². The van der Waals surface area contributed by atoms with Gasteiger partial charge in [0.25, 0.3) is 0 Å². The Hall–Kier alpha value is -2.24. The number of alkyl carbamates (subject to hydrolysis) is 1. The SMILES string of the molecule is CC(C)(C)OC(=O)NC1CCC(c2ccc(OC(N)=O)cc2)CC1.